The normalized spacial score (nSPS) is 15.3. The van der Waals surface area contributed by atoms with Crippen LogP contribution in [0, 0.1) is 0 Å². The van der Waals surface area contributed by atoms with Crippen molar-refractivity contribution in [2.45, 2.75) is 6.54 Å². The van der Waals surface area contributed by atoms with Crippen LogP contribution < -0.4 is 16.3 Å². The fourth-order valence-corrected chi connectivity index (χ4v) is 1.26. The van der Waals surface area contributed by atoms with E-state index in [1.807, 2.05) is 30.3 Å². The summed E-state index contributed by atoms with van der Waals surface area (Å²) >= 11 is 0. The molecule has 2 rings (SSSR count). The van der Waals surface area contributed by atoms with Crippen LogP contribution in [-0.4, -0.2) is 17.1 Å². The number of hydrazine groups is 2. The molecule has 4 amide bonds. The van der Waals surface area contributed by atoms with Crippen LogP contribution in [0.3, 0.4) is 0 Å². The van der Waals surface area contributed by atoms with Crippen molar-refractivity contribution in [1.82, 2.24) is 21.3 Å². The Labute approximate surface area is 86.2 Å². The molecule has 0 atom stereocenters. The molecule has 0 bridgehead atoms. The Kier molecular flexibility index (Phi) is 2.40. The van der Waals surface area contributed by atoms with Crippen LogP contribution >= 0.6 is 0 Å². The smallest absolute Gasteiger partial charge is 0.246 e. The molecule has 1 aliphatic rings. The molecule has 6 nitrogen and oxygen atoms in total. The molecule has 0 aromatic heterocycles. The Balaban J connectivity index is 2.05. The van der Waals surface area contributed by atoms with E-state index in [9.17, 15) is 9.59 Å². The monoisotopic (exact) mass is 206 g/mol. The minimum Gasteiger partial charge on any atom is -0.246 e. The maximum atomic E-state index is 11.3. The maximum Gasteiger partial charge on any atom is 0.355 e. The Bertz CT molecular complexity index is 379. The highest BCUT2D eigenvalue weighted by Crippen LogP contribution is 2.03. The average Bonchev–Trinajstić information content (AvgIpc) is 2.25. The number of rotatable bonds is 2. The molecule has 3 N–H and O–H groups in total. The van der Waals surface area contributed by atoms with Crippen LogP contribution in [0.2, 0.25) is 0 Å². The molecule has 1 aliphatic heterocycles. The Morgan fingerprint density at radius 2 is 1.80 bits per heavy atom. The van der Waals surface area contributed by atoms with E-state index in [1.165, 1.54) is 5.01 Å². The van der Waals surface area contributed by atoms with Crippen LogP contribution in [0.15, 0.2) is 30.3 Å². The summed E-state index contributed by atoms with van der Waals surface area (Å²) in [6.07, 6.45) is 0. The Hall–Kier alpha value is -2.24. The van der Waals surface area contributed by atoms with Crippen molar-refractivity contribution in [3.63, 3.8) is 0 Å². The number of carbonyl (C=O) groups excluding carboxylic acids is 2. The zero-order chi connectivity index (χ0) is 10.7. The predicted molar refractivity (Wildman–Crippen MR) is 52.2 cm³/mol. The van der Waals surface area contributed by atoms with Crippen LogP contribution in [0.5, 0.6) is 0 Å². The van der Waals surface area contributed by atoms with Gasteiger partial charge in [0.2, 0.25) is 0 Å². The number of nitrogens with zero attached hydrogens (tertiary/aromatic N) is 1. The van der Waals surface area contributed by atoms with Crippen LogP contribution in [0.1, 0.15) is 5.56 Å². The zero-order valence-corrected chi connectivity index (χ0v) is 7.86. The van der Waals surface area contributed by atoms with Gasteiger partial charge >= 0.3 is 12.1 Å². The summed E-state index contributed by atoms with van der Waals surface area (Å²) in [5.41, 5.74) is 7.71. The van der Waals surface area contributed by atoms with Gasteiger partial charge in [-0.3, -0.25) is 0 Å². The molecule has 1 aromatic carbocycles. The average molecular weight is 206 g/mol. The van der Waals surface area contributed by atoms with Gasteiger partial charge in [-0.15, -0.1) is 0 Å². The van der Waals surface area contributed by atoms with E-state index in [-0.39, 0.29) is 0 Å². The summed E-state index contributed by atoms with van der Waals surface area (Å²) in [6.45, 7) is 0.333. The Morgan fingerprint density at radius 3 is 2.53 bits per heavy atom. The lowest BCUT2D eigenvalue weighted by atomic mass is 10.2. The van der Waals surface area contributed by atoms with Crippen molar-refractivity contribution in [2.75, 3.05) is 0 Å². The SMILES string of the molecule is O=C1NNC(=O)N(Cc2ccccc2)N1. The molecule has 0 radical (unpaired) electrons. The van der Waals surface area contributed by atoms with E-state index < -0.39 is 12.1 Å². The predicted octanol–water partition coefficient (Wildman–Crippen LogP) is 0.341. The molecule has 1 aromatic rings. The van der Waals surface area contributed by atoms with Crippen LogP contribution in [-0.2, 0) is 6.54 Å². The Morgan fingerprint density at radius 1 is 1.07 bits per heavy atom. The molecule has 1 saturated heterocycles. The summed E-state index contributed by atoms with van der Waals surface area (Å²) in [6, 6.07) is 8.54. The van der Waals surface area contributed by atoms with Gasteiger partial charge in [0.1, 0.15) is 0 Å². The van der Waals surface area contributed by atoms with Gasteiger partial charge in [-0.05, 0) is 5.56 Å². The number of benzene rings is 1. The zero-order valence-electron chi connectivity index (χ0n) is 7.86. The van der Waals surface area contributed by atoms with Gasteiger partial charge in [0.05, 0.1) is 6.54 Å². The standard InChI is InChI=1S/C9H10N4O2/c14-8-10-11-9(15)13(12-8)6-7-4-2-1-3-5-7/h1-5H,6H2,(H,11,15)(H2,10,12,14). The lowest BCUT2D eigenvalue weighted by Crippen LogP contribution is -2.64. The van der Waals surface area contributed by atoms with Gasteiger partial charge in [0, 0.05) is 0 Å². The van der Waals surface area contributed by atoms with Crippen molar-refractivity contribution in [3.05, 3.63) is 35.9 Å². The highest BCUT2D eigenvalue weighted by atomic mass is 16.2. The molecule has 0 saturated carbocycles. The third kappa shape index (κ3) is 2.16. The maximum absolute atomic E-state index is 11.3. The largest absolute Gasteiger partial charge is 0.355 e. The first-order valence-corrected chi connectivity index (χ1v) is 4.44. The summed E-state index contributed by atoms with van der Waals surface area (Å²) in [7, 11) is 0. The highest BCUT2D eigenvalue weighted by Gasteiger charge is 2.21. The molecule has 1 heterocycles. The fourth-order valence-electron chi connectivity index (χ4n) is 1.26. The van der Waals surface area contributed by atoms with E-state index >= 15 is 0 Å². The molecule has 0 spiro atoms. The number of amides is 4. The summed E-state index contributed by atoms with van der Waals surface area (Å²) in [4.78, 5) is 22.2. The van der Waals surface area contributed by atoms with Gasteiger partial charge in [0.15, 0.2) is 0 Å². The number of nitrogens with one attached hydrogen (secondary N) is 3. The van der Waals surface area contributed by atoms with E-state index in [0.717, 1.165) is 5.56 Å². The quantitative estimate of drug-likeness (QED) is 0.652. The number of hydrogen-bond donors (Lipinski definition) is 3. The van der Waals surface area contributed by atoms with Gasteiger partial charge in [-0.25, -0.2) is 30.9 Å². The minimum absolute atomic E-state index is 0.333. The van der Waals surface area contributed by atoms with Crippen molar-refractivity contribution in [2.24, 2.45) is 0 Å². The van der Waals surface area contributed by atoms with Crippen molar-refractivity contribution in [1.29, 1.82) is 0 Å². The summed E-state index contributed by atoms with van der Waals surface area (Å²) in [5, 5.41) is 1.20. The van der Waals surface area contributed by atoms with Crippen LogP contribution in [0.4, 0.5) is 9.59 Å². The number of urea groups is 2. The van der Waals surface area contributed by atoms with Gasteiger partial charge in [-0.1, -0.05) is 30.3 Å². The molecular formula is C9H10N4O2. The summed E-state index contributed by atoms with van der Waals surface area (Å²) in [5.74, 6) is 0. The first kappa shape index (κ1) is 9.32. The van der Waals surface area contributed by atoms with Gasteiger partial charge in [0.25, 0.3) is 0 Å². The minimum atomic E-state index is -0.453. The van der Waals surface area contributed by atoms with E-state index in [0.29, 0.717) is 6.54 Å². The lowest BCUT2D eigenvalue weighted by molar-refractivity contribution is 0.143. The van der Waals surface area contributed by atoms with Crippen molar-refractivity contribution >= 4 is 12.1 Å². The number of carbonyl (C=O) groups is 2. The van der Waals surface area contributed by atoms with E-state index in [2.05, 4.69) is 16.3 Å². The molecule has 6 heteroatoms. The fraction of sp³-hybridized carbons (Fsp3) is 0.111. The first-order valence-electron chi connectivity index (χ1n) is 4.44. The third-order valence-corrected chi connectivity index (χ3v) is 1.95. The van der Waals surface area contributed by atoms with Crippen LogP contribution in [0.25, 0.3) is 0 Å². The second-order valence-corrected chi connectivity index (χ2v) is 3.07. The van der Waals surface area contributed by atoms with E-state index in [1.54, 1.807) is 0 Å². The molecule has 0 aliphatic carbocycles. The second kappa shape index (κ2) is 3.87. The second-order valence-electron chi connectivity index (χ2n) is 3.07. The summed E-state index contributed by atoms with van der Waals surface area (Å²) < 4.78 is 0. The molecule has 0 unspecified atom stereocenters. The molecule has 78 valence electrons. The van der Waals surface area contributed by atoms with Crippen molar-refractivity contribution < 1.29 is 9.59 Å². The molecular weight excluding hydrogens is 196 g/mol. The van der Waals surface area contributed by atoms with Crippen molar-refractivity contribution in [3.8, 4) is 0 Å². The topological polar surface area (TPSA) is 73.5 Å². The van der Waals surface area contributed by atoms with Gasteiger partial charge in [-0.2, -0.15) is 0 Å². The highest BCUT2D eigenvalue weighted by molar-refractivity contribution is 5.85. The molecule has 15 heavy (non-hydrogen) atoms. The van der Waals surface area contributed by atoms with Gasteiger partial charge < -0.3 is 0 Å². The third-order valence-electron chi connectivity index (χ3n) is 1.95. The van der Waals surface area contributed by atoms with E-state index in [4.69, 9.17) is 0 Å². The lowest BCUT2D eigenvalue weighted by Gasteiger charge is -2.28. The molecule has 1 fully saturated rings. The number of hydrogen-bond acceptors (Lipinski definition) is 2. The first-order chi connectivity index (χ1) is 7.25.